The average molecular weight is 303 g/mol. The van der Waals surface area contributed by atoms with Crippen molar-refractivity contribution in [2.24, 2.45) is 0 Å². The number of thiazole rings is 1. The zero-order valence-electron chi connectivity index (χ0n) is 10.8. The Labute approximate surface area is 119 Å². The molecule has 112 valence electrons. The van der Waals surface area contributed by atoms with Gasteiger partial charge in [-0.2, -0.15) is 0 Å². The molecule has 1 aromatic rings. The maximum absolute atomic E-state index is 11.2. The van der Waals surface area contributed by atoms with Crippen LogP contribution in [0.2, 0.25) is 0 Å². The second-order valence-corrected chi connectivity index (χ2v) is 5.70. The number of aliphatic hydroxyl groups is 4. The van der Waals surface area contributed by atoms with Gasteiger partial charge in [-0.1, -0.05) is 0 Å². The molecule has 8 heteroatoms. The molecule has 5 atom stereocenters. The minimum absolute atomic E-state index is 0.152. The number of nitrogens with zero attached hydrogens (tertiary/aromatic N) is 1. The zero-order chi connectivity index (χ0) is 14.9. The van der Waals surface area contributed by atoms with E-state index >= 15 is 0 Å². The highest BCUT2D eigenvalue weighted by Crippen LogP contribution is 2.24. The minimum Gasteiger partial charge on any atom is -0.394 e. The molecule has 0 saturated carbocycles. The maximum Gasteiger partial charge on any atom is 0.178 e. The molecular weight excluding hydrogens is 286 g/mol. The van der Waals surface area contributed by atoms with Crippen LogP contribution in [0.15, 0.2) is 5.38 Å². The molecule has 1 fully saturated rings. The Morgan fingerprint density at radius 1 is 1.30 bits per heavy atom. The summed E-state index contributed by atoms with van der Waals surface area (Å²) in [4.78, 5) is 15.3. The van der Waals surface area contributed by atoms with E-state index < -0.39 is 37.1 Å². The van der Waals surface area contributed by atoms with Crippen LogP contribution in [0.5, 0.6) is 0 Å². The summed E-state index contributed by atoms with van der Waals surface area (Å²) in [7, 11) is 0. The van der Waals surface area contributed by atoms with Crippen molar-refractivity contribution in [2.45, 2.75) is 43.9 Å². The highest BCUT2D eigenvalue weighted by molar-refractivity contribution is 7.09. The van der Waals surface area contributed by atoms with Crippen LogP contribution in [0.3, 0.4) is 0 Å². The molecule has 7 nitrogen and oxygen atoms in total. The second kappa shape index (κ2) is 6.25. The Morgan fingerprint density at radius 2 is 1.95 bits per heavy atom. The Hall–Kier alpha value is -0.900. The molecule has 0 bridgehead atoms. The van der Waals surface area contributed by atoms with Crippen LogP contribution in [-0.2, 0) is 11.2 Å². The van der Waals surface area contributed by atoms with Gasteiger partial charge in [0.15, 0.2) is 5.78 Å². The van der Waals surface area contributed by atoms with Gasteiger partial charge in [0, 0.05) is 18.7 Å². The Morgan fingerprint density at radius 3 is 2.50 bits per heavy atom. The van der Waals surface area contributed by atoms with Crippen molar-refractivity contribution in [1.82, 2.24) is 4.98 Å². The first-order valence-corrected chi connectivity index (χ1v) is 7.08. The van der Waals surface area contributed by atoms with Crippen molar-refractivity contribution >= 4 is 17.1 Å². The van der Waals surface area contributed by atoms with E-state index in [1.165, 1.54) is 18.3 Å². The standard InChI is InChI=1S/C12H17NO6S/c1-5(15)6-4-20-9(13-6)2-7-10(16)12(18)11(17)8(3-14)19-7/h4,7-8,10-12,14,16-18H,2-3H2,1H3. The molecule has 1 aromatic heterocycles. The van der Waals surface area contributed by atoms with E-state index in [2.05, 4.69) is 4.98 Å². The zero-order valence-corrected chi connectivity index (χ0v) is 11.7. The smallest absolute Gasteiger partial charge is 0.178 e. The van der Waals surface area contributed by atoms with Gasteiger partial charge < -0.3 is 25.2 Å². The highest BCUT2D eigenvalue weighted by atomic mass is 32.1. The molecule has 1 aliphatic rings. The monoisotopic (exact) mass is 303 g/mol. The van der Waals surface area contributed by atoms with Crippen molar-refractivity contribution in [1.29, 1.82) is 0 Å². The molecule has 4 N–H and O–H groups in total. The van der Waals surface area contributed by atoms with E-state index in [9.17, 15) is 20.1 Å². The molecule has 0 radical (unpaired) electrons. The van der Waals surface area contributed by atoms with Crippen LogP contribution in [0.1, 0.15) is 22.4 Å². The lowest BCUT2D eigenvalue weighted by molar-refractivity contribution is -0.228. The van der Waals surface area contributed by atoms with Gasteiger partial charge in [0.1, 0.15) is 30.1 Å². The molecule has 5 unspecified atom stereocenters. The van der Waals surface area contributed by atoms with Crippen molar-refractivity contribution in [3.63, 3.8) is 0 Å². The number of carbonyl (C=O) groups excluding carboxylic acids is 1. The van der Waals surface area contributed by atoms with E-state index in [1.807, 2.05) is 0 Å². The lowest BCUT2D eigenvalue weighted by atomic mass is 9.94. The predicted octanol–water partition coefficient (Wildman–Crippen LogP) is -1.27. The van der Waals surface area contributed by atoms with Crippen molar-refractivity contribution in [3.05, 3.63) is 16.1 Å². The fourth-order valence-electron chi connectivity index (χ4n) is 2.09. The number of aliphatic hydroxyl groups excluding tert-OH is 4. The number of hydrogen-bond acceptors (Lipinski definition) is 8. The quantitative estimate of drug-likeness (QED) is 0.512. The Balaban J connectivity index is 2.08. The number of ketones is 1. The van der Waals surface area contributed by atoms with Gasteiger partial charge in [0.05, 0.1) is 17.7 Å². The largest absolute Gasteiger partial charge is 0.394 e. The van der Waals surface area contributed by atoms with Gasteiger partial charge in [-0.25, -0.2) is 4.98 Å². The highest BCUT2D eigenvalue weighted by Gasteiger charge is 2.43. The molecule has 0 spiro atoms. The van der Waals surface area contributed by atoms with Crippen LogP contribution in [0.25, 0.3) is 0 Å². The van der Waals surface area contributed by atoms with E-state index in [1.54, 1.807) is 5.38 Å². The van der Waals surface area contributed by atoms with Crippen LogP contribution < -0.4 is 0 Å². The Kier molecular flexibility index (Phi) is 4.84. The molecule has 20 heavy (non-hydrogen) atoms. The summed E-state index contributed by atoms with van der Waals surface area (Å²) in [5, 5.41) is 40.5. The van der Waals surface area contributed by atoms with E-state index in [0.29, 0.717) is 10.7 Å². The summed E-state index contributed by atoms with van der Waals surface area (Å²) < 4.78 is 5.38. The third kappa shape index (κ3) is 3.05. The van der Waals surface area contributed by atoms with Crippen LogP contribution in [0, 0.1) is 0 Å². The molecule has 2 rings (SSSR count). The maximum atomic E-state index is 11.2. The third-order valence-electron chi connectivity index (χ3n) is 3.28. The molecule has 2 heterocycles. The molecule has 0 aliphatic carbocycles. The summed E-state index contributed by atoms with van der Waals surface area (Å²) >= 11 is 1.25. The second-order valence-electron chi connectivity index (χ2n) is 4.75. The number of aromatic nitrogens is 1. The lowest BCUT2D eigenvalue weighted by Crippen LogP contribution is -2.59. The SMILES string of the molecule is CC(=O)c1csc(CC2OC(CO)C(O)C(O)C2O)n1. The van der Waals surface area contributed by atoms with Gasteiger partial charge >= 0.3 is 0 Å². The predicted molar refractivity (Wildman–Crippen MR) is 69.6 cm³/mol. The van der Waals surface area contributed by atoms with Crippen molar-refractivity contribution in [2.75, 3.05) is 6.61 Å². The average Bonchev–Trinajstić information content (AvgIpc) is 2.88. The van der Waals surface area contributed by atoms with Crippen LogP contribution in [-0.4, -0.2) is 68.3 Å². The summed E-state index contributed by atoms with van der Waals surface area (Å²) in [6.07, 6.45) is -5.56. The number of hydrogen-bond donors (Lipinski definition) is 4. The molecule has 1 aliphatic heterocycles. The molecule has 0 aromatic carbocycles. The summed E-state index contributed by atoms with van der Waals surface area (Å²) in [6, 6.07) is 0. The van der Waals surface area contributed by atoms with Crippen LogP contribution >= 0.6 is 11.3 Å². The summed E-state index contributed by atoms with van der Waals surface area (Å²) in [6.45, 7) is 0.949. The lowest BCUT2D eigenvalue weighted by Gasteiger charge is -2.39. The first-order valence-electron chi connectivity index (χ1n) is 6.20. The van der Waals surface area contributed by atoms with E-state index in [0.717, 1.165) is 0 Å². The van der Waals surface area contributed by atoms with Gasteiger partial charge in [-0.05, 0) is 0 Å². The van der Waals surface area contributed by atoms with E-state index in [-0.39, 0.29) is 12.2 Å². The van der Waals surface area contributed by atoms with Crippen molar-refractivity contribution in [3.8, 4) is 0 Å². The van der Waals surface area contributed by atoms with Gasteiger partial charge in [-0.3, -0.25) is 4.79 Å². The number of carbonyl (C=O) groups is 1. The first-order chi connectivity index (χ1) is 9.43. The summed E-state index contributed by atoms with van der Waals surface area (Å²) in [5.74, 6) is -0.152. The van der Waals surface area contributed by atoms with Gasteiger partial charge in [-0.15, -0.1) is 11.3 Å². The Bertz CT molecular complexity index is 476. The van der Waals surface area contributed by atoms with Gasteiger partial charge in [0.2, 0.25) is 0 Å². The van der Waals surface area contributed by atoms with E-state index in [4.69, 9.17) is 9.84 Å². The molecule has 0 amide bonds. The number of rotatable bonds is 4. The number of Topliss-reactive ketones (excluding diaryl/α,β-unsaturated/α-hetero) is 1. The topological polar surface area (TPSA) is 120 Å². The fourth-order valence-corrected chi connectivity index (χ4v) is 2.96. The normalized spacial score (nSPS) is 34.1. The fraction of sp³-hybridized carbons (Fsp3) is 0.667. The third-order valence-corrected chi connectivity index (χ3v) is 4.15. The van der Waals surface area contributed by atoms with Crippen LogP contribution in [0.4, 0.5) is 0 Å². The molecule has 1 saturated heterocycles. The van der Waals surface area contributed by atoms with Gasteiger partial charge in [0.25, 0.3) is 0 Å². The molecular formula is C12H17NO6S. The number of ether oxygens (including phenoxy) is 1. The summed E-state index contributed by atoms with van der Waals surface area (Å²) in [5.41, 5.74) is 0.342. The minimum atomic E-state index is -1.39. The van der Waals surface area contributed by atoms with Crippen molar-refractivity contribution < 1.29 is 30.0 Å². The first kappa shape index (κ1) is 15.5.